The highest BCUT2D eigenvalue weighted by Gasteiger charge is 2.35. The van der Waals surface area contributed by atoms with E-state index in [0.29, 0.717) is 12.5 Å². The number of nitrogens with zero attached hydrogens (tertiary/aromatic N) is 7. The number of anilines is 4. The summed E-state index contributed by atoms with van der Waals surface area (Å²) in [6.45, 7) is 6.25. The Labute approximate surface area is 206 Å². The van der Waals surface area contributed by atoms with E-state index < -0.39 is 5.60 Å². The van der Waals surface area contributed by atoms with E-state index in [9.17, 15) is 4.79 Å². The zero-order valence-corrected chi connectivity index (χ0v) is 21.5. The SMILES string of the molecule is CN(C)c1cc(Nc2ncc3c(N(C)C)cnc(C4CCCN4C(=O)OC(C)(C)C)c3n2)ccn1. The quantitative estimate of drug-likeness (QED) is 0.573. The largest absolute Gasteiger partial charge is 0.444 e. The lowest BCUT2D eigenvalue weighted by molar-refractivity contribution is 0.0222. The maximum atomic E-state index is 13.0. The van der Waals surface area contributed by atoms with Crippen molar-refractivity contribution in [3.8, 4) is 0 Å². The van der Waals surface area contributed by atoms with Crippen molar-refractivity contribution in [3.05, 3.63) is 36.4 Å². The van der Waals surface area contributed by atoms with Gasteiger partial charge < -0.3 is 19.9 Å². The number of carbonyl (C=O) groups excluding carboxylic acids is 1. The number of ether oxygens (including phenoxy) is 1. The molecule has 0 radical (unpaired) electrons. The Hall–Kier alpha value is -3.69. The van der Waals surface area contributed by atoms with Crippen LogP contribution in [0.5, 0.6) is 0 Å². The number of hydrogen-bond donors (Lipinski definition) is 1. The highest BCUT2D eigenvalue weighted by atomic mass is 16.6. The molecule has 35 heavy (non-hydrogen) atoms. The van der Waals surface area contributed by atoms with Crippen molar-refractivity contribution >= 4 is 40.1 Å². The number of fused-ring (bicyclic) bond motifs is 1. The Bertz CT molecular complexity index is 1220. The Kier molecular flexibility index (Phi) is 6.64. The third kappa shape index (κ3) is 5.36. The number of pyridine rings is 2. The minimum absolute atomic E-state index is 0.215. The van der Waals surface area contributed by atoms with Crippen molar-refractivity contribution in [2.24, 2.45) is 0 Å². The van der Waals surface area contributed by atoms with Crippen LogP contribution in [0.15, 0.2) is 30.7 Å². The average Bonchev–Trinajstić information content (AvgIpc) is 3.27. The van der Waals surface area contributed by atoms with Crippen LogP contribution >= 0.6 is 0 Å². The highest BCUT2D eigenvalue weighted by Crippen LogP contribution is 2.37. The third-order valence-corrected chi connectivity index (χ3v) is 5.77. The van der Waals surface area contributed by atoms with E-state index in [0.717, 1.165) is 46.6 Å². The molecule has 1 amide bonds. The fourth-order valence-corrected chi connectivity index (χ4v) is 4.15. The van der Waals surface area contributed by atoms with Gasteiger partial charge in [-0.15, -0.1) is 0 Å². The molecule has 1 saturated heterocycles. The Morgan fingerprint density at radius 3 is 2.57 bits per heavy atom. The van der Waals surface area contributed by atoms with Crippen molar-refractivity contribution in [1.82, 2.24) is 24.8 Å². The Morgan fingerprint density at radius 1 is 1.11 bits per heavy atom. The molecule has 1 fully saturated rings. The van der Waals surface area contributed by atoms with Crippen LogP contribution in [0.1, 0.15) is 45.3 Å². The second-order valence-corrected chi connectivity index (χ2v) is 10.1. The molecule has 0 spiro atoms. The van der Waals surface area contributed by atoms with E-state index in [2.05, 4.69) is 15.3 Å². The molecule has 3 aromatic rings. The van der Waals surface area contributed by atoms with E-state index >= 15 is 0 Å². The van der Waals surface area contributed by atoms with Crippen molar-refractivity contribution in [3.63, 3.8) is 0 Å². The molecular formula is C25H34N8O2. The number of aromatic nitrogens is 4. The van der Waals surface area contributed by atoms with Gasteiger partial charge in [-0.1, -0.05) is 0 Å². The van der Waals surface area contributed by atoms with Gasteiger partial charge in [0.1, 0.15) is 16.9 Å². The van der Waals surface area contributed by atoms with Gasteiger partial charge in [-0.05, 0) is 39.7 Å². The molecule has 4 heterocycles. The molecule has 186 valence electrons. The minimum atomic E-state index is -0.566. The van der Waals surface area contributed by atoms with Crippen LogP contribution in [0, 0.1) is 0 Å². The number of hydrogen-bond acceptors (Lipinski definition) is 9. The van der Waals surface area contributed by atoms with Gasteiger partial charge in [0.2, 0.25) is 5.95 Å². The molecule has 1 N–H and O–H groups in total. The molecule has 3 aromatic heterocycles. The first-order valence-electron chi connectivity index (χ1n) is 11.8. The van der Waals surface area contributed by atoms with Gasteiger partial charge in [-0.25, -0.2) is 19.7 Å². The van der Waals surface area contributed by atoms with Crippen LogP contribution in [-0.4, -0.2) is 71.3 Å². The number of nitrogens with one attached hydrogen (secondary N) is 1. The van der Waals surface area contributed by atoms with E-state index in [1.807, 2.05) is 83.3 Å². The molecule has 1 aliphatic rings. The first kappa shape index (κ1) is 24.4. The summed E-state index contributed by atoms with van der Waals surface area (Å²) in [5.74, 6) is 1.28. The van der Waals surface area contributed by atoms with Gasteiger partial charge in [0.05, 0.1) is 23.6 Å². The third-order valence-electron chi connectivity index (χ3n) is 5.77. The van der Waals surface area contributed by atoms with Gasteiger partial charge >= 0.3 is 6.09 Å². The van der Waals surface area contributed by atoms with Gasteiger partial charge in [0.25, 0.3) is 0 Å². The summed E-state index contributed by atoms with van der Waals surface area (Å²) in [6.07, 6.45) is 6.73. The summed E-state index contributed by atoms with van der Waals surface area (Å²) in [5.41, 5.74) is 2.65. The topological polar surface area (TPSA) is 99.6 Å². The minimum Gasteiger partial charge on any atom is -0.444 e. The number of carbonyl (C=O) groups is 1. The lowest BCUT2D eigenvalue weighted by Crippen LogP contribution is -2.36. The summed E-state index contributed by atoms with van der Waals surface area (Å²) < 4.78 is 5.68. The zero-order chi connectivity index (χ0) is 25.3. The summed E-state index contributed by atoms with van der Waals surface area (Å²) in [7, 11) is 7.81. The first-order valence-corrected chi connectivity index (χ1v) is 11.8. The summed E-state index contributed by atoms with van der Waals surface area (Å²) in [6, 6.07) is 3.59. The summed E-state index contributed by atoms with van der Waals surface area (Å²) >= 11 is 0. The predicted molar refractivity (Wildman–Crippen MR) is 138 cm³/mol. The predicted octanol–water partition coefficient (Wildman–Crippen LogP) is 4.37. The molecule has 0 saturated carbocycles. The highest BCUT2D eigenvalue weighted by molar-refractivity contribution is 5.93. The second kappa shape index (κ2) is 9.52. The molecule has 1 unspecified atom stereocenters. The van der Waals surface area contributed by atoms with Gasteiger partial charge in [0.15, 0.2) is 0 Å². The molecule has 4 rings (SSSR count). The van der Waals surface area contributed by atoms with E-state index in [-0.39, 0.29) is 12.1 Å². The fourth-order valence-electron chi connectivity index (χ4n) is 4.15. The molecule has 0 aromatic carbocycles. The van der Waals surface area contributed by atoms with E-state index in [4.69, 9.17) is 14.7 Å². The van der Waals surface area contributed by atoms with Gasteiger partial charge in [-0.3, -0.25) is 9.88 Å². The standard InChI is InChI=1S/C25H34N8O2/c1-25(2,3)35-24(34)33-12-8-9-18(33)22-21-17(19(15-27-22)31(4)5)14-28-23(30-21)29-16-10-11-26-20(13-16)32(6)7/h10-11,13-15,18H,8-9,12H2,1-7H3,(H,26,28,29,30). The zero-order valence-electron chi connectivity index (χ0n) is 21.5. The van der Waals surface area contributed by atoms with Crippen LogP contribution in [0.2, 0.25) is 0 Å². The number of amides is 1. The Balaban J connectivity index is 1.75. The number of likely N-dealkylation sites (tertiary alicyclic amines) is 1. The maximum Gasteiger partial charge on any atom is 0.410 e. The molecule has 10 heteroatoms. The van der Waals surface area contributed by atoms with Crippen LogP contribution in [-0.2, 0) is 4.74 Å². The van der Waals surface area contributed by atoms with Crippen LogP contribution < -0.4 is 15.1 Å². The van der Waals surface area contributed by atoms with E-state index in [1.54, 1.807) is 11.1 Å². The monoisotopic (exact) mass is 478 g/mol. The molecule has 1 aliphatic heterocycles. The second-order valence-electron chi connectivity index (χ2n) is 10.1. The summed E-state index contributed by atoms with van der Waals surface area (Å²) in [5, 5.41) is 4.17. The van der Waals surface area contributed by atoms with Crippen LogP contribution in [0.3, 0.4) is 0 Å². The molecule has 1 atom stereocenters. The lowest BCUT2D eigenvalue weighted by Gasteiger charge is -2.29. The van der Waals surface area contributed by atoms with Crippen molar-refractivity contribution < 1.29 is 9.53 Å². The maximum absolute atomic E-state index is 13.0. The van der Waals surface area contributed by atoms with Crippen LogP contribution in [0.4, 0.5) is 27.9 Å². The Morgan fingerprint density at radius 2 is 1.89 bits per heavy atom. The normalized spacial score (nSPS) is 15.9. The van der Waals surface area contributed by atoms with E-state index in [1.165, 1.54) is 0 Å². The first-order chi connectivity index (χ1) is 16.5. The fraction of sp³-hybridized carbons (Fsp3) is 0.480. The van der Waals surface area contributed by atoms with Crippen LogP contribution in [0.25, 0.3) is 10.9 Å². The molecule has 10 nitrogen and oxygen atoms in total. The summed E-state index contributed by atoms with van der Waals surface area (Å²) in [4.78, 5) is 37.3. The van der Waals surface area contributed by atoms with Gasteiger partial charge in [-0.2, -0.15) is 0 Å². The lowest BCUT2D eigenvalue weighted by atomic mass is 10.1. The van der Waals surface area contributed by atoms with Crippen molar-refractivity contribution in [2.45, 2.75) is 45.3 Å². The van der Waals surface area contributed by atoms with Crippen molar-refractivity contribution in [2.75, 3.05) is 49.9 Å². The smallest absolute Gasteiger partial charge is 0.410 e. The average molecular weight is 479 g/mol. The molecule has 0 aliphatic carbocycles. The molecule has 0 bridgehead atoms. The van der Waals surface area contributed by atoms with Gasteiger partial charge in [0, 0.05) is 64.3 Å². The number of rotatable bonds is 5. The van der Waals surface area contributed by atoms with Crippen molar-refractivity contribution in [1.29, 1.82) is 0 Å². The molecular weight excluding hydrogens is 444 g/mol.